The lowest BCUT2D eigenvalue weighted by Crippen LogP contribution is -2.20. The summed E-state index contributed by atoms with van der Waals surface area (Å²) in [6.07, 6.45) is 1.43. The molecule has 0 radical (unpaired) electrons. The van der Waals surface area contributed by atoms with Crippen LogP contribution in [0.5, 0.6) is 0 Å². The van der Waals surface area contributed by atoms with Gasteiger partial charge in [0.25, 0.3) is 0 Å². The van der Waals surface area contributed by atoms with Crippen molar-refractivity contribution in [3.8, 4) is 0 Å². The van der Waals surface area contributed by atoms with E-state index in [1.807, 2.05) is 11.3 Å². The van der Waals surface area contributed by atoms with E-state index < -0.39 is 0 Å². The van der Waals surface area contributed by atoms with E-state index in [0.29, 0.717) is 0 Å². The Morgan fingerprint density at radius 2 is 2.12 bits per heavy atom. The molecular formula is C14H24N2S. The summed E-state index contributed by atoms with van der Waals surface area (Å²) in [5, 5.41) is 3.38. The second kappa shape index (κ2) is 5.98. The van der Waals surface area contributed by atoms with Gasteiger partial charge in [-0.25, -0.2) is 0 Å². The third kappa shape index (κ3) is 4.09. The fraction of sp³-hybridized carbons (Fsp3) is 0.714. The van der Waals surface area contributed by atoms with Gasteiger partial charge in [-0.3, -0.25) is 0 Å². The molecule has 2 unspecified atom stereocenters. The van der Waals surface area contributed by atoms with Crippen LogP contribution >= 0.6 is 11.3 Å². The predicted octanol–water partition coefficient (Wildman–Crippen LogP) is 2.95. The quantitative estimate of drug-likeness (QED) is 0.802. The number of hydrogen-bond acceptors (Lipinski definition) is 3. The number of rotatable bonds is 7. The van der Waals surface area contributed by atoms with Crippen molar-refractivity contribution < 1.29 is 0 Å². The lowest BCUT2D eigenvalue weighted by atomic mass is 10.3. The van der Waals surface area contributed by atoms with Crippen LogP contribution in [-0.4, -0.2) is 25.0 Å². The molecule has 1 saturated carbocycles. The Kier molecular flexibility index (Phi) is 4.60. The first-order valence-electron chi connectivity index (χ1n) is 6.66. The van der Waals surface area contributed by atoms with Crippen LogP contribution in [0, 0.1) is 11.8 Å². The van der Waals surface area contributed by atoms with Crippen LogP contribution in [0.15, 0.2) is 12.1 Å². The minimum Gasteiger partial charge on any atom is -0.312 e. The molecule has 96 valence electrons. The molecule has 1 aliphatic carbocycles. The van der Waals surface area contributed by atoms with Gasteiger partial charge in [-0.2, -0.15) is 0 Å². The topological polar surface area (TPSA) is 15.3 Å². The predicted molar refractivity (Wildman–Crippen MR) is 75.3 cm³/mol. The summed E-state index contributed by atoms with van der Waals surface area (Å²) < 4.78 is 0. The zero-order valence-corrected chi connectivity index (χ0v) is 12.0. The minimum atomic E-state index is 0.959. The summed E-state index contributed by atoms with van der Waals surface area (Å²) in [6.45, 7) is 8.95. The van der Waals surface area contributed by atoms with Gasteiger partial charge in [-0.1, -0.05) is 13.8 Å². The average Bonchev–Trinajstić information content (AvgIpc) is 2.78. The molecule has 2 nitrogen and oxygen atoms in total. The normalized spacial score (nSPS) is 23.3. The molecule has 2 atom stereocenters. The second-order valence-electron chi connectivity index (χ2n) is 5.32. The standard InChI is InChI=1S/C14H24N2S/c1-4-15-8-13-5-6-14(17-13)10-16(3)9-12-7-11(12)2/h5-6,11-12,15H,4,7-10H2,1-3H3. The molecule has 3 heteroatoms. The van der Waals surface area contributed by atoms with Gasteiger partial charge in [-0.05, 0) is 44.0 Å². The van der Waals surface area contributed by atoms with Gasteiger partial charge in [0, 0.05) is 29.4 Å². The fourth-order valence-electron chi connectivity index (χ4n) is 2.23. The Labute approximate surface area is 109 Å². The van der Waals surface area contributed by atoms with Crippen molar-refractivity contribution in [2.75, 3.05) is 20.1 Å². The molecule has 0 amide bonds. The van der Waals surface area contributed by atoms with E-state index in [9.17, 15) is 0 Å². The van der Waals surface area contributed by atoms with Gasteiger partial charge in [-0.15, -0.1) is 11.3 Å². The molecule has 0 spiro atoms. The fourth-order valence-corrected chi connectivity index (χ4v) is 3.30. The monoisotopic (exact) mass is 252 g/mol. The first kappa shape index (κ1) is 13.1. The third-order valence-electron chi connectivity index (χ3n) is 3.51. The van der Waals surface area contributed by atoms with Crippen molar-refractivity contribution >= 4 is 11.3 Å². The number of thiophene rings is 1. The molecule has 0 saturated heterocycles. The average molecular weight is 252 g/mol. The van der Waals surface area contributed by atoms with Crippen molar-refractivity contribution in [1.82, 2.24) is 10.2 Å². The minimum absolute atomic E-state index is 0.959. The van der Waals surface area contributed by atoms with Crippen molar-refractivity contribution in [2.24, 2.45) is 11.8 Å². The second-order valence-corrected chi connectivity index (χ2v) is 6.57. The smallest absolute Gasteiger partial charge is 0.0325 e. The summed E-state index contributed by atoms with van der Waals surface area (Å²) in [6, 6.07) is 4.54. The van der Waals surface area contributed by atoms with E-state index in [0.717, 1.165) is 31.5 Å². The summed E-state index contributed by atoms with van der Waals surface area (Å²) in [7, 11) is 2.24. The van der Waals surface area contributed by atoms with Crippen LogP contribution in [0.25, 0.3) is 0 Å². The maximum Gasteiger partial charge on any atom is 0.0325 e. The van der Waals surface area contributed by atoms with Crippen LogP contribution in [0.1, 0.15) is 30.0 Å². The Hall–Kier alpha value is -0.380. The van der Waals surface area contributed by atoms with Gasteiger partial charge >= 0.3 is 0 Å². The van der Waals surface area contributed by atoms with Crippen LogP contribution in [0.3, 0.4) is 0 Å². The molecule has 2 rings (SSSR count). The van der Waals surface area contributed by atoms with E-state index in [1.54, 1.807) is 0 Å². The van der Waals surface area contributed by atoms with Crippen LogP contribution in [0.4, 0.5) is 0 Å². The molecule has 1 aromatic rings. The van der Waals surface area contributed by atoms with Crippen LogP contribution in [0.2, 0.25) is 0 Å². The van der Waals surface area contributed by atoms with E-state index in [4.69, 9.17) is 0 Å². The summed E-state index contributed by atoms with van der Waals surface area (Å²) in [5.74, 6) is 1.92. The van der Waals surface area contributed by atoms with Crippen LogP contribution < -0.4 is 5.32 Å². The number of nitrogens with one attached hydrogen (secondary N) is 1. The summed E-state index contributed by atoms with van der Waals surface area (Å²) >= 11 is 1.95. The van der Waals surface area contributed by atoms with Gasteiger partial charge in [0.05, 0.1) is 0 Å². The van der Waals surface area contributed by atoms with Crippen molar-refractivity contribution in [2.45, 2.75) is 33.4 Å². The largest absolute Gasteiger partial charge is 0.312 e. The summed E-state index contributed by atoms with van der Waals surface area (Å²) in [5.41, 5.74) is 0. The van der Waals surface area contributed by atoms with Gasteiger partial charge in [0.15, 0.2) is 0 Å². The highest BCUT2D eigenvalue weighted by Gasteiger charge is 2.32. The van der Waals surface area contributed by atoms with Gasteiger partial charge < -0.3 is 10.2 Å². The highest BCUT2D eigenvalue weighted by atomic mass is 32.1. The maximum absolute atomic E-state index is 3.38. The highest BCUT2D eigenvalue weighted by Crippen LogP contribution is 2.38. The van der Waals surface area contributed by atoms with E-state index in [1.165, 1.54) is 22.7 Å². The number of nitrogens with zero attached hydrogens (tertiary/aromatic N) is 1. The zero-order chi connectivity index (χ0) is 12.3. The van der Waals surface area contributed by atoms with Crippen LogP contribution in [-0.2, 0) is 13.1 Å². The maximum atomic E-state index is 3.38. The summed E-state index contributed by atoms with van der Waals surface area (Å²) in [4.78, 5) is 5.42. The lowest BCUT2D eigenvalue weighted by molar-refractivity contribution is 0.310. The van der Waals surface area contributed by atoms with Gasteiger partial charge in [0.2, 0.25) is 0 Å². The van der Waals surface area contributed by atoms with E-state index in [2.05, 4.69) is 43.2 Å². The third-order valence-corrected chi connectivity index (χ3v) is 4.58. The highest BCUT2D eigenvalue weighted by molar-refractivity contribution is 7.11. The molecule has 17 heavy (non-hydrogen) atoms. The Morgan fingerprint density at radius 3 is 2.76 bits per heavy atom. The first-order valence-corrected chi connectivity index (χ1v) is 7.47. The molecule has 1 N–H and O–H groups in total. The van der Waals surface area contributed by atoms with E-state index >= 15 is 0 Å². The molecule has 1 heterocycles. The molecule has 0 bridgehead atoms. The van der Waals surface area contributed by atoms with Gasteiger partial charge in [0.1, 0.15) is 0 Å². The number of hydrogen-bond donors (Lipinski definition) is 1. The molecular weight excluding hydrogens is 228 g/mol. The molecule has 1 fully saturated rings. The molecule has 1 aromatic heterocycles. The lowest BCUT2D eigenvalue weighted by Gasteiger charge is -2.15. The SMILES string of the molecule is CCNCc1ccc(CN(C)CC2CC2C)s1. The van der Waals surface area contributed by atoms with E-state index in [-0.39, 0.29) is 0 Å². The van der Waals surface area contributed by atoms with Crippen molar-refractivity contribution in [3.05, 3.63) is 21.9 Å². The molecule has 0 aliphatic heterocycles. The Morgan fingerprint density at radius 1 is 1.41 bits per heavy atom. The van der Waals surface area contributed by atoms with Crippen molar-refractivity contribution in [1.29, 1.82) is 0 Å². The first-order chi connectivity index (χ1) is 8.19. The zero-order valence-electron chi connectivity index (χ0n) is 11.2. The Balaban J connectivity index is 1.75. The molecule has 0 aromatic carbocycles. The van der Waals surface area contributed by atoms with Crippen molar-refractivity contribution in [3.63, 3.8) is 0 Å². The molecule has 1 aliphatic rings. The Bertz CT molecular complexity index is 348.